The summed E-state index contributed by atoms with van der Waals surface area (Å²) in [6.45, 7) is 2.91. The summed E-state index contributed by atoms with van der Waals surface area (Å²) in [5.74, 6) is 1.64. The smallest absolute Gasteiger partial charge is 0.111 e. The molecule has 0 saturated heterocycles. The summed E-state index contributed by atoms with van der Waals surface area (Å²) in [6.07, 6.45) is 2.70. The zero-order valence-corrected chi connectivity index (χ0v) is 12.2. The van der Waals surface area contributed by atoms with Gasteiger partial charge >= 0.3 is 0 Å². The summed E-state index contributed by atoms with van der Waals surface area (Å²) < 4.78 is 2.25. The van der Waals surface area contributed by atoms with Gasteiger partial charge in [0.1, 0.15) is 5.82 Å². The third-order valence-electron chi connectivity index (χ3n) is 3.18. The number of halogens is 1. The fraction of sp³-hybridized carbons (Fsp3) is 0.286. The van der Waals surface area contributed by atoms with E-state index in [9.17, 15) is 0 Å². The predicted molar refractivity (Wildman–Crippen MR) is 80.1 cm³/mol. The molecule has 0 aliphatic rings. The van der Waals surface area contributed by atoms with Gasteiger partial charge in [-0.1, -0.05) is 12.1 Å². The van der Waals surface area contributed by atoms with Gasteiger partial charge in [0.05, 0.1) is 23.1 Å². The molecule has 98 valence electrons. The Morgan fingerprint density at radius 1 is 1.37 bits per heavy atom. The van der Waals surface area contributed by atoms with E-state index in [0.29, 0.717) is 5.88 Å². The van der Waals surface area contributed by atoms with Gasteiger partial charge in [0.2, 0.25) is 0 Å². The van der Waals surface area contributed by atoms with Crippen LogP contribution in [0, 0.1) is 6.92 Å². The quantitative estimate of drug-likeness (QED) is 0.687. The van der Waals surface area contributed by atoms with Crippen molar-refractivity contribution in [3.63, 3.8) is 0 Å². The molecule has 0 amide bonds. The lowest BCUT2D eigenvalue weighted by molar-refractivity contribution is 0.762. The Morgan fingerprint density at radius 2 is 2.26 bits per heavy atom. The molecule has 0 spiro atoms. The SMILES string of the molecule is Cc1cccc2c1nc(CCCl)n2Cc1cncs1. The number of hydrogen-bond donors (Lipinski definition) is 0. The number of imidazole rings is 1. The monoisotopic (exact) mass is 291 g/mol. The number of rotatable bonds is 4. The van der Waals surface area contributed by atoms with Crippen molar-refractivity contribution in [3.05, 3.63) is 46.2 Å². The van der Waals surface area contributed by atoms with Crippen LogP contribution in [0.3, 0.4) is 0 Å². The van der Waals surface area contributed by atoms with Crippen LogP contribution in [0.15, 0.2) is 29.9 Å². The topological polar surface area (TPSA) is 30.7 Å². The maximum atomic E-state index is 5.89. The predicted octanol–water partition coefficient (Wildman–Crippen LogP) is 3.63. The highest BCUT2D eigenvalue weighted by Crippen LogP contribution is 2.22. The summed E-state index contributed by atoms with van der Waals surface area (Å²) in [5.41, 5.74) is 5.32. The van der Waals surface area contributed by atoms with Gasteiger partial charge < -0.3 is 4.57 Å². The Morgan fingerprint density at radius 3 is 3.00 bits per heavy atom. The number of aromatic nitrogens is 3. The minimum Gasteiger partial charge on any atom is -0.323 e. The molecule has 0 fully saturated rings. The average molecular weight is 292 g/mol. The van der Waals surface area contributed by atoms with Gasteiger partial charge in [0.25, 0.3) is 0 Å². The third-order valence-corrected chi connectivity index (χ3v) is 4.13. The van der Waals surface area contributed by atoms with Crippen LogP contribution < -0.4 is 0 Å². The normalized spacial score (nSPS) is 11.3. The van der Waals surface area contributed by atoms with Crippen molar-refractivity contribution in [1.29, 1.82) is 0 Å². The van der Waals surface area contributed by atoms with E-state index in [2.05, 4.69) is 34.7 Å². The van der Waals surface area contributed by atoms with E-state index >= 15 is 0 Å². The van der Waals surface area contributed by atoms with Crippen molar-refractivity contribution in [2.24, 2.45) is 0 Å². The Labute approximate surface area is 120 Å². The van der Waals surface area contributed by atoms with Gasteiger partial charge in [0.15, 0.2) is 0 Å². The molecule has 5 heteroatoms. The molecule has 3 rings (SSSR count). The lowest BCUT2D eigenvalue weighted by atomic mass is 10.2. The molecule has 0 aliphatic heterocycles. The zero-order valence-electron chi connectivity index (χ0n) is 10.6. The molecule has 0 bridgehead atoms. The van der Waals surface area contributed by atoms with Gasteiger partial charge in [-0.15, -0.1) is 22.9 Å². The first-order chi connectivity index (χ1) is 9.29. The zero-order chi connectivity index (χ0) is 13.2. The minimum absolute atomic E-state index is 0.588. The second kappa shape index (κ2) is 5.31. The fourth-order valence-electron chi connectivity index (χ4n) is 2.26. The highest BCUT2D eigenvalue weighted by Gasteiger charge is 2.12. The second-order valence-corrected chi connectivity index (χ2v) is 5.81. The lowest BCUT2D eigenvalue weighted by Crippen LogP contribution is -2.04. The van der Waals surface area contributed by atoms with Crippen LogP contribution in [0.5, 0.6) is 0 Å². The number of hydrogen-bond acceptors (Lipinski definition) is 3. The standard InChI is InChI=1S/C14H14ClN3S/c1-10-3-2-4-12-14(10)17-13(5-6-15)18(12)8-11-7-16-9-19-11/h2-4,7,9H,5-6,8H2,1H3. The van der Waals surface area contributed by atoms with Crippen LogP contribution >= 0.6 is 22.9 Å². The Balaban J connectivity index is 2.13. The molecule has 0 unspecified atom stereocenters. The van der Waals surface area contributed by atoms with Gasteiger partial charge in [-0.3, -0.25) is 4.98 Å². The van der Waals surface area contributed by atoms with E-state index in [4.69, 9.17) is 16.6 Å². The number of alkyl halides is 1. The Bertz CT molecular complexity index is 688. The number of para-hydroxylation sites is 1. The first-order valence-electron chi connectivity index (χ1n) is 6.17. The van der Waals surface area contributed by atoms with Crippen molar-refractivity contribution < 1.29 is 0 Å². The van der Waals surface area contributed by atoms with E-state index in [1.54, 1.807) is 11.3 Å². The highest BCUT2D eigenvalue weighted by molar-refractivity contribution is 7.09. The molecule has 0 aliphatic carbocycles. The van der Waals surface area contributed by atoms with Gasteiger partial charge in [-0.05, 0) is 18.6 Å². The Kier molecular flexibility index (Phi) is 3.53. The molecule has 19 heavy (non-hydrogen) atoms. The number of thiazole rings is 1. The summed E-state index contributed by atoms with van der Waals surface area (Å²) in [6, 6.07) is 6.29. The molecule has 2 heterocycles. The minimum atomic E-state index is 0.588. The molecular weight excluding hydrogens is 278 g/mol. The largest absolute Gasteiger partial charge is 0.323 e. The van der Waals surface area contributed by atoms with Gasteiger partial charge in [-0.2, -0.15) is 0 Å². The van der Waals surface area contributed by atoms with Crippen LogP contribution in [-0.2, 0) is 13.0 Å². The first-order valence-corrected chi connectivity index (χ1v) is 7.59. The van der Waals surface area contributed by atoms with Crippen LogP contribution in [0.1, 0.15) is 16.3 Å². The van der Waals surface area contributed by atoms with E-state index in [1.165, 1.54) is 16.0 Å². The molecule has 0 N–H and O–H groups in total. The summed E-state index contributed by atoms with van der Waals surface area (Å²) in [5, 5.41) is 0. The first kappa shape index (κ1) is 12.6. The van der Waals surface area contributed by atoms with Crippen LogP contribution in [-0.4, -0.2) is 20.4 Å². The summed E-state index contributed by atoms with van der Waals surface area (Å²) >= 11 is 7.56. The number of fused-ring (bicyclic) bond motifs is 1. The summed E-state index contributed by atoms with van der Waals surface area (Å²) in [7, 11) is 0. The number of benzene rings is 1. The second-order valence-electron chi connectivity index (χ2n) is 4.46. The van der Waals surface area contributed by atoms with Crippen molar-refractivity contribution in [1.82, 2.24) is 14.5 Å². The molecule has 0 atom stereocenters. The maximum Gasteiger partial charge on any atom is 0.111 e. The highest BCUT2D eigenvalue weighted by atomic mass is 35.5. The van der Waals surface area contributed by atoms with Gasteiger partial charge in [0, 0.05) is 23.4 Å². The van der Waals surface area contributed by atoms with Crippen molar-refractivity contribution >= 4 is 34.0 Å². The van der Waals surface area contributed by atoms with Crippen LogP contribution in [0.25, 0.3) is 11.0 Å². The molecule has 0 saturated carbocycles. The van der Waals surface area contributed by atoms with Crippen molar-refractivity contribution in [2.75, 3.05) is 5.88 Å². The molecule has 3 nitrogen and oxygen atoms in total. The molecule has 0 radical (unpaired) electrons. The molecular formula is C14H14ClN3S. The van der Waals surface area contributed by atoms with E-state index in [1.807, 2.05) is 11.7 Å². The maximum absolute atomic E-state index is 5.89. The Hall–Kier alpha value is -1.39. The van der Waals surface area contributed by atoms with E-state index in [-0.39, 0.29) is 0 Å². The molecule has 2 aromatic heterocycles. The summed E-state index contributed by atoms with van der Waals surface area (Å²) in [4.78, 5) is 10.1. The average Bonchev–Trinajstić information content (AvgIpc) is 3.01. The van der Waals surface area contributed by atoms with Crippen molar-refractivity contribution in [2.45, 2.75) is 19.9 Å². The van der Waals surface area contributed by atoms with Crippen LogP contribution in [0.4, 0.5) is 0 Å². The van der Waals surface area contributed by atoms with Gasteiger partial charge in [-0.25, -0.2) is 4.98 Å². The third kappa shape index (κ3) is 2.38. The van der Waals surface area contributed by atoms with E-state index < -0.39 is 0 Å². The number of aryl methyl sites for hydroxylation is 2. The fourth-order valence-corrected chi connectivity index (χ4v) is 3.01. The number of nitrogens with zero attached hydrogens (tertiary/aromatic N) is 3. The van der Waals surface area contributed by atoms with Crippen molar-refractivity contribution in [3.8, 4) is 0 Å². The van der Waals surface area contributed by atoms with Crippen LogP contribution in [0.2, 0.25) is 0 Å². The molecule has 3 aromatic rings. The lowest BCUT2D eigenvalue weighted by Gasteiger charge is -2.06. The molecule has 1 aromatic carbocycles. The van der Waals surface area contributed by atoms with E-state index in [0.717, 1.165) is 24.3 Å².